The molecule has 1 aromatic rings. The number of carbonyl (C=O) groups excluding carboxylic acids is 1. The summed E-state index contributed by atoms with van der Waals surface area (Å²) in [7, 11) is 0. The smallest absolute Gasteiger partial charge is 0.354 e. The SMILES string of the molecule is CCCCCCCCCCCCCCCCCCNC(=O)Cn1nc(C(F)(F)F)c2c1CCCCC2. The lowest BCUT2D eigenvalue weighted by Gasteiger charge is -2.09. The molecule has 0 aliphatic heterocycles. The van der Waals surface area contributed by atoms with E-state index < -0.39 is 11.9 Å². The molecular formula is C29H50F3N3O. The van der Waals surface area contributed by atoms with Crippen LogP contribution in [0.5, 0.6) is 0 Å². The van der Waals surface area contributed by atoms with E-state index in [-0.39, 0.29) is 12.5 Å². The number of carbonyl (C=O) groups is 1. The van der Waals surface area contributed by atoms with Crippen LogP contribution in [0.25, 0.3) is 0 Å². The number of rotatable bonds is 19. The van der Waals surface area contributed by atoms with Gasteiger partial charge in [0.25, 0.3) is 0 Å². The maximum absolute atomic E-state index is 13.4. The van der Waals surface area contributed by atoms with E-state index in [9.17, 15) is 18.0 Å². The summed E-state index contributed by atoms with van der Waals surface area (Å²) in [5, 5.41) is 6.67. The molecule has 0 spiro atoms. The molecule has 1 aliphatic rings. The van der Waals surface area contributed by atoms with Gasteiger partial charge in [0.15, 0.2) is 5.69 Å². The molecule has 2 rings (SSSR count). The number of unbranched alkanes of at least 4 members (excludes halogenated alkanes) is 15. The summed E-state index contributed by atoms with van der Waals surface area (Å²) < 4.78 is 41.5. The molecule has 208 valence electrons. The molecule has 1 amide bonds. The maximum atomic E-state index is 13.4. The van der Waals surface area contributed by atoms with E-state index in [1.54, 1.807) is 0 Å². The Morgan fingerprint density at radius 3 is 1.81 bits per heavy atom. The summed E-state index contributed by atoms with van der Waals surface area (Å²) in [6.07, 6.45) is 19.8. The van der Waals surface area contributed by atoms with E-state index in [1.165, 1.54) is 94.6 Å². The van der Waals surface area contributed by atoms with Crippen LogP contribution >= 0.6 is 0 Å². The molecule has 0 atom stereocenters. The van der Waals surface area contributed by atoms with Crippen LogP contribution in [0.15, 0.2) is 0 Å². The highest BCUT2D eigenvalue weighted by Gasteiger charge is 2.39. The van der Waals surface area contributed by atoms with Gasteiger partial charge in [0, 0.05) is 17.8 Å². The second kappa shape index (κ2) is 17.8. The van der Waals surface area contributed by atoms with Crippen LogP contribution in [-0.4, -0.2) is 22.2 Å². The van der Waals surface area contributed by atoms with Gasteiger partial charge in [-0.1, -0.05) is 110 Å². The number of amides is 1. The normalized spacial score (nSPS) is 14.0. The fourth-order valence-corrected chi connectivity index (χ4v) is 5.30. The van der Waals surface area contributed by atoms with Crippen LogP contribution in [0.4, 0.5) is 13.2 Å². The molecule has 1 aromatic heterocycles. The largest absolute Gasteiger partial charge is 0.435 e. The van der Waals surface area contributed by atoms with E-state index in [0.717, 1.165) is 32.1 Å². The van der Waals surface area contributed by atoms with E-state index in [1.807, 2.05) is 0 Å². The van der Waals surface area contributed by atoms with Crippen molar-refractivity contribution in [3.05, 3.63) is 17.0 Å². The van der Waals surface area contributed by atoms with E-state index in [2.05, 4.69) is 17.3 Å². The highest BCUT2D eigenvalue weighted by molar-refractivity contribution is 5.75. The minimum atomic E-state index is -4.47. The molecule has 0 saturated carbocycles. The maximum Gasteiger partial charge on any atom is 0.435 e. The summed E-state index contributed by atoms with van der Waals surface area (Å²) in [5.74, 6) is -0.251. The van der Waals surface area contributed by atoms with Crippen LogP contribution in [0.2, 0.25) is 0 Å². The Kier molecular flexibility index (Phi) is 15.2. The third-order valence-electron chi connectivity index (χ3n) is 7.42. The summed E-state index contributed by atoms with van der Waals surface area (Å²) in [5.41, 5.74) is 0.0907. The lowest BCUT2D eigenvalue weighted by molar-refractivity contribution is -0.142. The lowest BCUT2D eigenvalue weighted by atomic mass is 10.0. The Hall–Kier alpha value is -1.53. The van der Waals surface area contributed by atoms with Crippen molar-refractivity contribution in [2.45, 2.75) is 154 Å². The average Bonchev–Trinajstić information content (AvgIpc) is 3.01. The van der Waals surface area contributed by atoms with Gasteiger partial charge in [0.1, 0.15) is 6.54 Å². The summed E-state index contributed by atoms with van der Waals surface area (Å²) in [6.45, 7) is 2.71. The molecule has 0 aromatic carbocycles. The second-order valence-electron chi connectivity index (χ2n) is 10.6. The Bertz CT molecular complexity index is 730. The van der Waals surface area contributed by atoms with Gasteiger partial charge in [-0.3, -0.25) is 9.48 Å². The average molecular weight is 514 g/mol. The monoisotopic (exact) mass is 513 g/mol. The van der Waals surface area contributed by atoms with E-state index in [4.69, 9.17) is 0 Å². The van der Waals surface area contributed by atoms with E-state index >= 15 is 0 Å². The predicted molar refractivity (Wildman–Crippen MR) is 141 cm³/mol. The van der Waals surface area contributed by atoms with Crippen molar-refractivity contribution in [3.63, 3.8) is 0 Å². The molecule has 4 nitrogen and oxygen atoms in total. The Morgan fingerprint density at radius 1 is 0.778 bits per heavy atom. The van der Waals surface area contributed by atoms with Crippen molar-refractivity contribution in [1.29, 1.82) is 0 Å². The highest BCUT2D eigenvalue weighted by Crippen LogP contribution is 2.35. The number of fused-ring (bicyclic) bond motifs is 1. The predicted octanol–water partition coefficient (Wildman–Crippen LogP) is 8.55. The van der Waals surface area contributed by atoms with Crippen LogP contribution in [0.3, 0.4) is 0 Å². The molecule has 1 N–H and O–H groups in total. The minimum Gasteiger partial charge on any atom is -0.354 e. The van der Waals surface area contributed by atoms with Crippen molar-refractivity contribution in [2.24, 2.45) is 0 Å². The van der Waals surface area contributed by atoms with Crippen LogP contribution < -0.4 is 5.32 Å². The van der Waals surface area contributed by atoms with Gasteiger partial charge in [-0.25, -0.2) is 0 Å². The second-order valence-corrected chi connectivity index (χ2v) is 10.6. The number of alkyl halides is 3. The van der Waals surface area contributed by atoms with Crippen molar-refractivity contribution in [1.82, 2.24) is 15.1 Å². The highest BCUT2D eigenvalue weighted by atomic mass is 19.4. The number of hydrogen-bond acceptors (Lipinski definition) is 2. The topological polar surface area (TPSA) is 46.9 Å². The zero-order chi connectivity index (χ0) is 26.1. The first-order valence-electron chi connectivity index (χ1n) is 14.9. The number of aromatic nitrogens is 2. The molecule has 0 radical (unpaired) electrons. The number of halogens is 3. The van der Waals surface area contributed by atoms with Crippen molar-refractivity contribution >= 4 is 5.91 Å². The van der Waals surface area contributed by atoms with Crippen molar-refractivity contribution in [2.75, 3.05) is 6.54 Å². The van der Waals surface area contributed by atoms with Gasteiger partial charge in [0.05, 0.1) is 0 Å². The van der Waals surface area contributed by atoms with E-state index in [0.29, 0.717) is 30.6 Å². The van der Waals surface area contributed by atoms with Gasteiger partial charge < -0.3 is 5.32 Å². The molecular weight excluding hydrogens is 463 g/mol. The Labute approximate surface area is 217 Å². The molecule has 0 bridgehead atoms. The first kappa shape index (κ1) is 30.7. The quantitative estimate of drug-likeness (QED) is 0.149. The molecule has 0 fully saturated rings. The van der Waals surface area contributed by atoms with Gasteiger partial charge in [-0.2, -0.15) is 18.3 Å². The first-order chi connectivity index (χ1) is 17.4. The molecule has 7 heteroatoms. The molecule has 36 heavy (non-hydrogen) atoms. The van der Waals surface area contributed by atoms with Crippen LogP contribution in [0, 0.1) is 0 Å². The fourth-order valence-electron chi connectivity index (χ4n) is 5.30. The fraction of sp³-hybridized carbons (Fsp3) is 0.862. The molecule has 0 unspecified atom stereocenters. The van der Waals surface area contributed by atoms with Crippen molar-refractivity contribution in [3.8, 4) is 0 Å². The zero-order valence-electron chi connectivity index (χ0n) is 22.7. The summed E-state index contributed by atoms with van der Waals surface area (Å²) in [4.78, 5) is 12.4. The third-order valence-corrected chi connectivity index (χ3v) is 7.42. The van der Waals surface area contributed by atoms with Crippen LogP contribution in [0.1, 0.15) is 146 Å². The number of hydrogen-bond donors (Lipinski definition) is 1. The van der Waals surface area contributed by atoms with Crippen LogP contribution in [-0.2, 0) is 30.4 Å². The third kappa shape index (κ3) is 12.1. The van der Waals surface area contributed by atoms with Crippen molar-refractivity contribution < 1.29 is 18.0 Å². The molecule has 0 saturated heterocycles. The lowest BCUT2D eigenvalue weighted by Crippen LogP contribution is -2.29. The first-order valence-corrected chi connectivity index (χ1v) is 14.9. The van der Waals surface area contributed by atoms with Gasteiger partial charge in [-0.15, -0.1) is 0 Å². The Balaban J connectivity index is 1.48. The van der Waals surface area contributed by atoms with Gasteiger partial charge in [-0.05, 0) is 32.1 Å². The summed E-state index contributed by atoms with van der Waals surface area (Å²) >= 11 is 0. The minimum absolute atomic E-state index is 0.128. The summed E-state index contributed by atoms with van der Waals surface area (Å²) in [6, 6.07) is 0. The molecule has 1 heterocycles. The zero-order valence-corrected chi connectivity index (χ0v) is 22.7. The number of nitrogens with zero attached hydrogens (tertiary/aromatic N) is 2. The standard InChI is InChI=1S/C29H50F3N3O/c1-2-3-4-5-6-7-8-9-10-11-12-13-14-15-16-20-23-33-27(36)24-35-26-22-19-17-18-21-25(26)28(34-35)29(30,31)32/h2-24H2,1H3,(H,33,36). The van der Waals surface area contributed by atoms with Gasteiger partial charge >= 0.3 is 6.18 Å². The Morgan fingerprint density at radius 2 is 1.28 bits per heavy atom. The molecule has 1 aliphatic carbocycles. The van der Waals surface area contributed by atoms with Gasteiger partial charge in [0.2, 0.25) is 5.91 Å². The number of nitrogens with one attached hydrogen (secondary N) is 1.